The Kier molecular flexibility index (Phi) is 12.6. The van der Waals surface area contributed by atoms with Gasteiger partial charge in [0, 0.05) is 31.8 Å². The second-order valence-electron chi connectivity index (χ2n) is 12.0. The minimum absolute atomic E-state index is 0.0296. The lowest BCUT2D eigenvalue weighted by Gasteiger charge is -2.17. The number of hydrogen-bond acceptors (Lipinski definition) is 10. The van der Waals surface area contributed by atoms with E-state index in [2.05, 4.69) is 10.3 Å². The van der Waals surface area contributed by atoms with E-state index in [4.69, 9.17) is 14.2 Å². The van der Waals surface area contributed by atoms with E-state index in [9.17, 15) is 33.9 Å². The van der Waals surface area contributed by atoms with Crippen LogP contribution in [0.15, 0.2) is 66.7 Å². The van der Waals surface area contributed by atoms with Crippen LogP contribution in [0.2, 0.25) is 0 Å². The third kappa shape index (κ3) is 9.24. The van der Waals surface area contributed by atoms with E-state index in [-0.39, 0.29) is 58.2 Å². The fourth-order valence-corrected chi connectivity index (χ4v) is 5.31. The predicted octanol–water partition coefficient (Wildman–Crippen LogP) is 5.91. The van der Waals surface area contributed by atoms with Crippen molar-refractivity contribution in [1.29, 1.82) is 0 Å². The molecule has 1 aromatic heterocycles. The average Bonchev–Trinajstić information content (AvgIpc) is 3.12. The quantitative estimate of drug-likeness (QED) is 0.125. The Balaban J connectivity index is 1.50. The van der Waals surface area contributed by atoms with Gasteiger partial charge in [0.15, 0.2) is 0 Å². The third-order valence-corrected chi connectivity index (χ3v) is 7.91. The molecule has 0 fully saturated rings. The van der Waals surface area contributed by atoms with Gasteiger partial charge in [-0.25, -0.2) is 14.4 Å². The van der Waals surface area contributed by atoms with Gasteiger partial charge >= 0.3 is 23.9 Å². The zero-order chi connectivity index (χ0) is 38.1. The Bertz CT molecular complexity index is 2040. The summed E-state index contributed by atoms with van der Waals surface area (Å²) in [6.45, 7) is 5.06. The number of methoxy groups -OCH3 is 1. The summed E-state index contributed by atoms with van der Waals surface area (Å²) in [5.74, 6) is -4.25. The Hall–Kier alpha value is -6.37. The highest BCUT2D eigenvalue weighted by atomic mass is 16.5. The van der Waals surface area contributed by atoms with Crippen LogP contribution in [0.1, 0.15) is 88.4 Å². The number of carbonyl (C=O) groups is 6. The van der Waals surface area contributed by atoms with E-state index < -0.39 is 29.8 Å². The molecule has 4 rings (SSSR count). The summed E-state index contributed by atoms with van der Waals surface area (Å²) < 4.78 is 15.2. The number of hydrogen-bond donors (Lipinski definition) is 2. The number of benzene rings is 3. The molecule has 0 saturated heterocycles. The summed E-state index contributed by atoms with van der Waals surface area (Å²) in [6.07, 6.45) is 0.588. The standard InChI is InChI=1S/C39H39N3O10/c1-7-51-39(49)27-19-22(2)34(30(21-27)37(46)47)52-32(43)10-8-9-24-12-18-31(29(20-24)36(45)42(4)5)41-35(44)28-17-11-23(3)40-33(28)25-13-15-26(16-14-25)38(48)50-6/h11-21H,7-10H2,1-6H3,(H,41,44)(H,46,47). The van der Waals surface area contributed by atoms with Gasteiger partial charge in [-0.15, -0.1) is 0 Å². The van der Waals surface area contributed by atoms with Crippen LogP contribution in [-0.2, 0) is 20.7 Å². The molecule has 0 radical (unpaired) electrons. The van der Waals surface area contributed by atoms with Crippen molar-refractivity contribution in [2.24, 2.45) is 0 Å². The molecule has 0 aliphatic heterocycles. The van der Waals surface area contributed by atoms with E-state index in [1.54, 1.807) is 82.5 Å². The van der Waals surface area contributed by atoms with Gasteiger partial charge in [-0.1, -0.05) is 18.2 Å². The molecular weight excluding hydrogens is 670 g/mol. The molecule has 0 saturated carbocycles. The lowest BCUT2D eigenvalue weighted by atomic mass is 10.0. The zero-order valence-electron chi connectivity index (χ0n) is 29.7. The van der Waals surface area contributed by atoms with E-state index in [0.29, 0.717) is 40.9 Å². The molecule has 13 heteroatoms. The molecule has 3 aromatic carbocycles. The molecule has 2 N–H and O–H groups in total. The molecule has 2 amide bonds. The Labute approximate surface area is 300 Å². The number of carbonyl (C=O) groups excluding carboxylic acids is 5. The number of amides is 2. The maximum atomic E-state index is 13.7. The molecule has 0 aliphatic carbocycles. The molecule has 270 valence electrons. The van der Waals surface area contributed by atoms with Gasteiger partial charge in [-0.2, -0.15) is 0 Å². The molecule has 0 spiro atoms. The lowest BCUT2D eigenvalue weighted by molar-refractivity contribution is -0.134. The Morgan fingerprint density at radius 3 is 2.17 bits per heavy atom. The first-order valence-electron chi connectivity index (χ1n) is 16.3. The van der Waals surface area contributed by atoms with Crippen LogP contribution < -0.4 is 10.1 Å². The highest BCUT2D eigenvalue weighted by Crippen LogP contribution is 2.28. The van der Waals surface area contributed by atoms with Gasteiger partial charge < -0.3 is 29.5 Å². The molecule has 4 aromatic rings. The number of rotatable bonds is 13. The molecule has 0 bridgehead atoms. The summed E-state index contributed by atoms with van der Waals surface area (Å²) in [7, 11) is 4.46. The van der Waals surface area contributed by atoms with Crippen molar-refractivity contribution in [3.05, 3.63) is 111 Å². The highest BCUT2D eigenvalue weighted by molar-refractivity contribution is 6.11. The van der Waals surface area contributed by atoms with Crippen molar-refractivity contribution in [3.8, 4) is 17.0 Å². The number of aryl methyl sites for hydroxylation is 3. The van der Waals surface area contributed by atoms with Crippen LogP contribution in [0, 0.1) is 13.8 Å². The van der Waals surface area contributed by atoms with E-state index in [1.165, 1.54) is 25.0 Å². The number of ether oxygens (including phenoxy) is 3. The Morgan fingerprint density at radius 1 is 0.827 bits per heavy atom. The molecule has 0 aliphatic rings. The van der Waals surface area contributed by atoms with Crippen LogP contribution >= 0.6 is 0 Å². The number of anilines is 1. The minimum atomic E-state index is -1.37. The first kappa shape index (κ1) is 38.4. The topological polar surface area (TPSA) is 178 Å². The Morgan fingerprint density at radius 2 is 1.54 bits per heavy atom. The minimum Gasteiger partial charge on any atom is -0.478 e. The summed E-state index contributed by atoms with van der Waals surface area (Å²) in [6, 6.07) is 17.3. The second-order valence-corrected chi connectivity index (χ2v) is 12.0. The summed E-state index contributed by atoms with van der Waals surface area (Å²) in [5, 5.41) is 12.6. The van der Waals surface area contributed by atoms with Gasteiger partial charge in [0.25, 0.3) is 11.8 Å². The van der Waals surface area contributed by atoms with Crippen molar-refractivity contribution in [2.75, 3.05) is 33.1 Å². The van der Waals surface area contributed by atoms with E-state index >= 15 is 0 Å². The van der Waals surface area contributed by atoms with Gasteiger partial charge in [0.05, 0.1) is 47.4 Å². The SMILES string of the molecule is CCOC(=O)c1cc(C)c(OC(=O)CCCc2ccc(NC(=O)c3ccc(C)nc3-c3ccc(C(=O)OC)cc3)c(C(=O)N(C)C)c2)c(C(=O)O)c1. The number of carboxylic acids is 1. The van der Waals surface area contributed by atoms with Gasteiger partial charge in [-0.3, -0.25) is 19.4 Å². The van der Waals surface area contributed by atoms with Gasteiger partial charge in [-0.05, 0) is 93.3 Å². The number of nitrogens with one attached hydrogen (secondary N) is 1. The van der Waals surface area contributed by atoms with E-state index in [0.717, 1.165) is 6.07 Å². The maximum Gasteiger partial charge on any atom is 0.339 e. The summed E-state index contributed by atoms with van der Waals surface area (Å²) in [5.41, 5.74) is 3.43. The van der Waals surface area contributed by atoms with Crippen LogP contribution in [0.5, 0.6) is 5.75 Å². The fourth-order valence-electron chi connectivity index (χ4n) is 5.31. The highest BCUT2D eigenvalue weighted by Gasteiger charge is 2.23. The molecule has 0 atom stereocenters. The van der Waals surface area contributed by atoms with Crippen molar-refractivity contribution in [3.63, 3.8) is 0 Å². The van der Waals surface area contributed by atoms with Crippen molar-refractivity contribution in [1.82, 2.24) is 9.88 Å². The number of aromatic nitrogens is 1. The monoisotopic (exact) mass is 709 g/mol. The maximum absolute atomic E-state index is 13.7. The number of aromatic carboxylic acids is 1. The van der Waals surface area contributed by atoms with Crippen molar-refractivity contribution < 1.29 is 48.1 Å². The lowest BCUT2D eigenvalue weighted by Crippen LogP contribution is -2.24. The second kappa shape index (κ2) is 17.0. The zero-order valence-corrected chi connectivity index (χ0v) is 29.7. The summed E-state index contributed by atoms with van der Waals surface area (Å²) >= 11 is 0. The fraction of sp³-hybridized carbons (Fsp3) is 0.256. The largest absolute Gasteiger partial charge is 0.478 e. The number of esters is 3. The van der Waals surface area contributed by atoms with Gasteiger partial charge in [0.2, 0.25) is 0 Å². The smallest absolute Gasteiger partial charge is 0.339 e. The summed E-state index contributed by atoms with van der Waals surface area (Å²) in [4.78, 5) is 81.7. The third-order valence-electron chi connectivity index (χ3n) is 7.91. The van der Waals surface area contributed by atoms with Crippen LogP contribution in [0.3, 0.4) is 0 Å². The average molecular weight is 710 g/mol. The van der Waals surface area contributed by atoms with Crippen LogP contribution in [0.25, 0.3) is 11.3 Å². The van der Waals surface area contributed by atoms with Gasteiger partial charge in [0.1, 0.15) is 11.3 Å². The normalized spacial score (nSPS) is 10.6. The predicted molar refractivity (Wildman–Crippen MR) is 191 cm³/mol. The first-order valence-corrected chi connectivity index (χ1v) is 16.3. The molecule has 1 heterocycles. The number of carboxylic acid groups (broad SMARTS) is 1. The van der Waals surface area contributed by atoms with E-state index in [1.807, 2.05) is 0 Å². The van der Waals surface area contributed by atoms with Crippen LogP contribution in [-0.4, -0.2) is 78.5 Å². The molecule has 0 unspecified atom stereocenters. The molecular formula is C39H39N3O10. The first-order chi connectivity index (χ1) is 24.7. The van der Waals surface area contributed by atoms with Crippen molar-refractivity contribution >= 4 is 41.4 Å². The number of nitrogens with zero attached hydrogens (tertiary/aromatic N) is 2. The van der Waals surface area contributed by atoms with Crippen LogP contribution in [0.4, 0.5) is 5.69 Å². The molecule has 13 nitrogen and oxygen atoms in total. The number of pyridine rings is 1. The molecule has 52 heavy (non-hydrogen) atoms. The van der Waals surface area contributed by atoms with Crippen molar-refractivity contribution in [2.45, 2.75) is 40.0 Å².